The van der Waals surface area contributed by atoms with E-state index in [1.807, 2.05) is 6.07 Å². The van der Waals surface area contributed by atoms with Gasteiger partial charge in [0.1, 0.15) is 5.75 Å². The molecule has 8 heteroatoms. The highest BCUT2D eigenvalue weighted by Gasteiger charge is 2.34. The van der Waals surface area contributed by atoms with Crippen LogP contribution in [0.1, 0.15) is 12.0 Å². The molecule has 1 aliphatic rings. The Morgan fingerprint density at radius 1 is 1.38 bits per heavy atom. The van der Waals surface area contributed by atoms with Crippen LogP contribution in [0.15, 0.2) is 29.4 Å². The fraction of sp³-hybridized carbons (Fsp3) is 0.308. The molecule has 2 aromatic rings. The molecule has 6 nitrogen and oxygen atoms in total. The number of para-hydroxylation sites is 1. The van der Waals surface area contributed by atoms with E-state index in [9.17, 15) is 13.5 Å². The molecular formula is C13H14ClN3O3S. The summed E-state index contributed by atoms with van der Waals surface area (Å²) in [7, 11) is -2.35. The monoisotopic (exact) mass is 327 g/mol. The summed E-state index contributed by atoms with van der Waals surface area (Å²) in [5.74, 6) is -0.0472. The van der Waals surface area contributed by atoms with Crippen molar-refractivity contribution in [3.05, 3.63) is 35.0 Å². The standard InChI is InChI=1S/C13H14ClN3O3S/c1-16-13(10(14)8-15-16)21(19,20)17-7-3-5-9-4-2-6-11(18)12(9)17/h2,4,6,8,18H,3,5,7H2,1H3. The number of hydrogen-bond acceptors (Lipinski definition) is 4. The van der Waals surface area contributed by atoms with Gasteiger partial charge in [-0.3, -0.25) is 8.99 Å². The second-order valence-corrected chi connectivity index (χ2v) is 7.07. The van der Waals surface area contributed by atoms with Crippen molar-refractivity contribution in [3.8, 4) is 5.75 Å². The van der Waals surface area contributed by atoms with Crippen molar-refractivity contribution in [2.24, 2.45) is 7.05 Å². The molecule has 21 heavy (non-hydrogen) atoms. The third-order valence-corrected chi connectivity index (χ3v) is 5.84. The molecule has 0 unspecified atom stereocenters. The van der Waals surface area contributed by atoms with Gasteiger partial charge in [-0.15, -0.1) is 0 Å². The average molecular weight is 328 g/mol. The molecular weight excluding hydrogens is 314 g/mol. The van der Waals surface area contributed by atoms with E-state index in [0.717, 1.165) is 12.0 Å². The minimum absolute atomic E-state index is 0.0472. The summed E-state index contributed by atoms with van der Waals surface area (Å²) in [5, 5.41) is 13.9. The Hall–Kier alpha value is -1.73. The summed E-state index contributed by atoms with van der Waals surface area (Å²) >= 11 is 5.96. The highest BCUT2D eigenvalue weighted by molar-refractivity contribution is 7.92. The summed E-state index contributed by atoms with van der Waals surface area (Å²) in [5.41, 5.74) is 1.14. The number of aromatic hydroxyl groups is 1. The first-order chi connectivity index (χ1) is 9.93. The quantitative estimate of drug-likeness (QED) is 0.914. The lowest BCUT2D eigenvalue weighted by Gasteiger charge is -2.30. The maximum absolute atomic E-state index is 12.9. The number of anilines is 1. The van der Waals surface area contributed by atoms with E-state index >= 15 is 0 Å². The van der Waals surface area contributed by atoms with E-state index in [2.05, 4.69) is 5.10 Å². The van der Waals surface area contributed by atoms with Crippen molar-refractivity contribution < 1.29 is 13.5 Å². The van der Waals surface area contributed by atoms with Crippen molar-refractivity contribution in [1.82, 2.24) is 9.78 Å². The zero-order valence-electron chi connectivity index (χ0n) is 11.3. The number of phenolic OH excluding ortho intramolecular Hbond substituents is 1. The number of benzene rings is 1. The number of aryl methyl sites for hydroxylation is 2. The normalized spacial score (nSPS) is 15.0. The van der Waals surface area contributed by atoms with Gasteiger partial charge < -0.3 is 5.11 Å². The zero-order chi connectivity index (χ0) is 15.2. The van der Waals surface area contributed by atoms with Crippen LogP contribution in [0.4, 0.5) is 5.69 Å². The van der Waals surface area contributed by atoms with Crippen LogP contribution in [0.5, 0.6) is 5.75 Å². The summed E-state index contributed by atoms with van der Waals surface area (Å²) in [4.78, 5) is 0. The molecule has 0 bridgehead atoms. The van der Waals surface area contributed by atoms with Gasteiger partial charge in [-0.25, -0.2) is 0 Å². The molecule has 0 amide bonds. The molecule has 0 aliphatic carbocycles. The Morgan fingerprint density at radius 3 is 2.81 bits per heavy atom. The molecule has 0 saturated heterocycles. The summed E-state index contributed by atoms with van der Waals surface area (Å²) in [6.45, 7) is 0.300. The molecule has 1 aromatic carbocycles. The molecule has 112 valence electrons. The molecule has 0 fully saturated rings. The Bertz CT molecular complexity index is 781. The van der Waals surface area contributed by atoms with Gasteiger partial charge in [0.05, 0.1) is 16.9 Å². The number of phenols is 1. The van der Waals surface area contributed by atoms with Gasteiger partial charge in [-0.1, -0.05) is 23.7 Å². The highest BCUT2D eigenvalue weighted by Crippen LogP contribution is 2.39. The van der Waals surface area contributed by atoms with Crippen molar-refractivity contribution in [3.63, 3.8) is 0 Å². The second-order valence-electron chi connectivity index (χ2n) is 4.89. The Balaban J connectivity index is 2.19. The van der Waals surface area contributed by atoms with Gasteiger partial charge in [0.15, 0.2) is 5.03 Å². The molecule has 1 aromatic heterocycles. The zero-order valence-corrected chi connectivity index (χ0v) is 12.9. The van der Waals surface area contributed by atoms with E-state index in [4.69, 9.17) is 11.6 Å². The first-order valence-electron chi connectivity index (χ1n) is 6.44. The van der Waals surface area contributed by atoms with Crippen LogP contribution in [-0.2, 0) is 23.5 Å². The summed E-state index contributed by atoms with van der Waals surface area (Å²) < 4.78 is 28.2. The van der Waals surface area contributed by atoms with E-state index in [0.29, 0.717) is 18.7 Å². The Morgan fingerprint density at radius 2 is 2.14 bits per heavy atom. The van der Waals surface area contributed by atoms with Gasteiger partial charge in [-0.2, -0.15) is 13.5 Å². The van der Waals surface area contributed by atoms with Crippen molar-refractivity contribution >= 4 is 27.3 Å². The predicted molar refractivity (Wildman–Crippen MR) is 79.2 cm³/mol. The Labute approximate surface area is 127 Å². The van der Waals surface area contributed by atoms with E-state index in [1.165, 1.54) is 28.3 Å². The van der Waals surface area contributed by atoms with Crippen LogP contribution >= 0.6 is 11.6 Å². The van der Waals surface area contributed by atoms with Crippen LogP contribution < -0.4 is 4.31 Å². The SMILES string of the molecule is Cn1ncc(Cl)c1S(=O)(=O)N1CCCc2cccc(O)c21. The largest absolute Gasteiger partial charge is 0.506 e. The summed E-state index contributed by atoms with van der Waals surface area (Å²) in [6.07, 6.45) is 2.71. The number of nitrogens with zero attached hydrogens (tertiary/aromatic N) is 3. The molecule has 0 saturated carbocycles. The third kappa shape index (κ3) is 2.16. The molecule has 0 spiro atoms. The first kappa shape index (κ1) is 14.2. The van der Waals surface area contributed by atoms with E-state index in [1.54, 1.807) is 6.07 Å². The predicted octanol–water partition coefficient (Wildman–Crippen LogP) is 1.92. The minimum atomic E-state index is -3.87. The number of fused-ring (bicyclic) bond motifs is 1. The molecule has 2 heterocycles. The minimum Gasteiger partial charge on any atom is -0.506 e. The van der Waals surface area contributed by atoms with Gasteiger partial charge in [0.2, 0.25) is 0 Å². The number of halogens is 1. The van der Waals surface area contributed by atoms with E-state index in [-0.39, 0.29) is 15.8 Å². The van der Waals surface area contributed by atoms with Crippen LogP contribution in [0.3, 0.4) is 0 Å². The van der Waals surface area contributed by atoms with Crippen LogP contribution in [0.25, 0.3) is 0 Å². The number of aromatic nitrogens is 2. The van der Waals surface area contributed by atoms with Crippen molar-refractivity contribution in [1.29, 1.82) is 0 Å². The first-order valence-corrected chi connectivity index (χ1v) is 8.26. The van der Waals surface area contributed by atoms with Crippen molar-refractivity contribution in [2.75, 3.05) is 10.8 Å². The summed E-state index contributed by atoms with van der Waals surface area (Å²) in [6, 6.07) is 5.01. The molecule has 3 rings (SSSR count). The van der Waals surface area contributed by atoms with Crippen LogP contribution in [0, 0.1) is 0 Å². The van der Waals surface area contributed by atoms with Crippen molar-refractivity contribution in [2.45, 2.75) is 17.9 Å². The second kappa shape index (κ2) is 4.92. The lowest BCUT2D eigenvalue weighted by molar-refractivity contribution is 0.472. The topological polar surface area (TPSA) is 75.4 Å². The number of hydrogen-bond donors (Lipinski definition) is 1. The molecule has 1 N–H and O–H groups in total. The molecule has 0 atom stereocenters. The molecule has 0 radical (unpaired) electrons. The maximum Gasteiger partial charge on any atom is 0.283 e. The molecule has 1 aliphatic heterocycles. The lowest BCUT2D eigenvalue weighted by Crippen LogP contribution is -2.36. The lowest BCUT2D eigenvalue weighted by atomic mass is 10.0. The van der Waals surface area contributed by atoms with Crippen LogP contribution in [-0.4, -0.2) is 29.8 Å². The number of rotatable bonds is 2. The van der Waals surface area contributed by atoms with Crippen LogP contribution in [0.2, 0.25) is 5.02 Å². The number of sulfonamides is 1. The van der Waals surface area contributed by atoms with Gasteiger partial charge in [0.25, 0.3) is 10.0 Å². The Kier molecular flexibility index (Phi) is 3.33. The maximum atomic E-state index is 12.9. The van der Waals surface area contributed by atoms with E-state index < -0.39 is 10.0 Å². The fourth-order valence-electron chi connectivity index (χ4n) is 2.63. The van der Waals surface area contributed by atoms with Gasteiger partial charge >= 0.3 is 0 Å². The average Bonchev–Trinajstić information content (AvgIpc) is 2.78. The van der Waals surface area contributed by atoms with Gasteiger partial charge in [-0.05, 0) is 24.5 Å². The van der Waals surface area contributed by atoms with Gasteiger partial charge in [0, 0.05) is 13.6 Å². The highest BCUT2D eigenvalue weighted by atomic mass is 35.5. The fourth-order valence-corrected chi connectivity index (χ4v) is 4.79. The smallest absolute Gasteiger partial charge is 0.283 e. The third-order valence-electron chi connectivity index (χ3n) is 3.53.